The standard InChI is InChI=1S/C18H19N3O4/c1-11(15-9-13-5-3-4-6-14(13)25-15)18(22)21-7-8-23-16(10-21)17-20-19-12(2)24-17/h3-6,9,11,16H,7-8,10H2,1-2H3/t11-,16-/m1/s1. The minimum Gasteiger partial charge on any atom is -0.460 e. The van der Waals surface area contributed by atoms with E-state index in [0.29, 0.717) is 37.2 Å². The van der Waals surface area contributed by atoms with Gasteiger partial charge in [-0.05, 0) is 19.1 Å². The number of nitrogens with zero attached hydrogens (tertiary/aromatic N) is 3. The third-order valence-corrected chi connectivity index (χ3v) is 4.44. The van der Waals surface area contributed by atoms with Crippen LogP contribution >= 0.6 is 0 Å². The molecule has 0 spiro atoms. The number of aromatic nitrogens is 2. The molecule has 4 rings (SSSR count). The quantitative estimate of drug-likeness (QED) is 0.728. The molecule has 0 radical (unpaired) electrons. The number of carbonyl (C=O) groups excluding carboxylic acids is 1. The van der Waals surface area contributed by atoms with E-state index in [1.54, 1.807) is 11.8 Å². The van der Waals surface area contributed by atoms with Crippen LogP contribution in [0.4, 0.5) is 0 Å². The molecule has 7 nitrogen and oxygen atoms in total. The Kier molecular flexibility index (Phi) is 4.01. The topological polar surface area (TPSA) is 81.6 Å². The highest BCUT2D eigenvalue weighted by atomic mass is 16.5. The average molecular weight is 341 g/mol. The van der Waals surface area contributed by atoms with Crippen molar-refractivity contribution in [1.82, 2.24) is 15.1 Å². The van der Waals surface area contributed by atoms with Gasteiger partial charge in [-0.2, -0.15) is 0 Å². The van der Waals surface area contributed by atoms with Crippen LogP contribution in [0.1, 0.15) is 36.5 Å². The molecule has 1 amide bonds. The van der Waals surface area contributed by atoms with Gasteiger partial charge in [0.25, 0.3) is 0 Å². The van der Waals surface area contributed by atoms with Gasteiger partial charge in [-0.1, -0.05) is 18.2 Å². The Balaban J connectivity index is 1.51. The molecule has 25 heavy (non-hydrogen) atoms. The van der Waals surface area contributed by atoms with Crippen LogP contribution < -0.4 is 0 Å². The molecule has 2 atom stereocenters. The number of fused-ring (bicyclic) bond motifs is 1. The first-order valence-corrected chi connectivity index (χ1v) is 8.30. The number of rotatable bonds is 3. The predicted octanol–water partition coefficient (Wildman–Crippen LogP) is 2.83. The average Bonchev–Trinajstić information content (AvgIpc) is 3.26. The van der Waals surface area contributed by atoms with Crippen LogP contribution in [0.25, 0.3) is 11.0 Å². The van der Waals surface area contributed by atoms with Gasteiger partial charge in [-0.25, -0.2) is 0 Å². The summed E-state index contributed by atoms with van der Waals surface area (Å²) in [6, 6.07) is 9.67. The normalized spacial score (nSPS) is 19.3. The molecule has 0 N–H and O–H groups in total. The van der Waals surface area contributed by atoms with Crippen LogP contribution in [-0.4, -0.2) is 40.7 Å². The van der Waals surface area contributed by atoms with E-state index in [2.05, 4.69) is 10.2 Å². The molecule has 1 saturated heterocycles. The fraction of sp³-hybridized carbons (Fsp3) is 0.389. The van der Waals surface area contributed by atoms with Crippen molar-refractivity contribution in [3.05, 3.63) is 47.9 Å². The third kappa shape index (κ3) is 3.02. The van der Waals surface area contributed by atoms with Crippen molar-refractivity contribution >= 4 is 16.9 Å². The zero-order valence-corrected chi connectivity index (χ0v) is 14.1. The minimum atomic E-state index is -0.387. The minimum absolute atomic E-state index is 0.00333. The van der Waals surface area contributed by atoms with Gasteiger partial charge < -0.3 is 18.5 Å². The molecule has 1 aliphatic heterocycles. The lowest BCUT2D eigenvalue weighted by atomic mass is 10.1. The Morgan fingerprint density at radius 1 is 1.28 bits per heavy atom. The number of hydrogen-bond donors (Lipinski definition) is 0. The summed E-state index contributed by atoms with van der Waals surface area (Å²) in [5, 5.41) is 8.82. The zero-order chi connectivity index (χ0) is 17.4. The van der Waals surface area contributed by atoms with Crippen LogP contribution in [0.5, 0.6) is 0 Å². The van der Waals surface area contributed by atoms with Crippen molar-refractivity contribution < 1.29 is 18.4 Å². The van der Waals surface area contributed by atoms with Gasteiger partial charge in [0.1, 0.15) is 11.3 Å². The summed E-state index contributed by atoms with van der Waals surface area (Å²) in [5.74, 6) is 1.20. The maximum absolute atomic E-state index is 12.9. The summed E-state index contributed by atoms with van der Waals surface area (Å²) in [6.07, 6.45) is -0.387. The zero-order valence-electron chi connectivity index (χ0n) is 14.1. The second kappa shape index (κ2) is 6.33. The van der Waals surface area contributed by atoms with Gasteiger partial charge >= 0.3 is 0 Å². The van der Waals surface area contributed by atoms with Crippen LogP contribution in [0.2, 0.25) is 0 Å². The van der Waals surface area contributed by atoms with E-state index in [9.17, 15) is 4.79 Å². The first-order chi connectivity index (χ1) is 12.1. The van der Waals surface area contributed by atoms with Gasteiger partial charge in [-0.15, -0.1) is 10.2 Å². The van der Waals surface area contributed by atoms with Crippen molar-refractivity contribution in [2.45, 2.75) is 25.9 Å². The Hall–Kier alpha value is -2.67. The monoisotopic (exact) mass is 341 g/mol. The Morgan fingerprint density at radius 3 is 2.88 bits per heavy atom. The summed E-state index contributed by atoms with van der Waals surface area (Å²) < 4.78 is 16.9. The number of ether oxygens (including phenoxy) is 1. The maximum atomic E-state index is 12.9. The summed E-state index contributed by atoms with van der Waals surface area (Å²) in [5.41, 5.74) is 0.790. The van der Waals surface area contributed by atoms with Crippen molar-refractivity contribution in [1.29, 1.82) is 0 Å². The lowest BCUT2D eigenvalue weighted by Crippen LogP contribution is -2.44. The number of carbonyl (C=O) groups is 1. The van der Waals surface area contributed by atoms with Gasteiger partial charge in [0, 0.05) is 18.9 Å². The molecule has 0 unspecified atom stereocenters. The van der Waals surface area contributed by atoms with Gasteiger partial charge in [0.05, 0.1) is 19.1 Å². The van der Waals surface area contributed by atoms with Crippen LogP contribution in [0.3, 0.4) is 0 Å². The van der Waals surface area contributed by atoms with E-state index in [4.69, 9.17) is 13.6 Å². The highest BCUT2D eigenvalue weighted by Crippen LogP contribution is 2.28. The molecular weight excluding hydrogens is 322 g/mol. The van der Waals surface area contributed by atoms with Crippen LogP contribution in [-0.2, 0) is 9.53 Å². The smallest absolute Gasteiger partial charge is 0.246 e. The van der Waals surface area contributed by atoms with E-state index in [1.807, 2.05) is 37.3 Å². The first-order valence-electron chi connectivity index (χ1n) is 8.30. The molecule has 3 heterocycles. The SMILES string of the molecule is Cc1nnc([C@H]2CN(C(=O)[C@H](C)c3cc4ccccc4o3)CCO2)o1. The molecular formula is C18H19N3O4. The largest absolute Gasteiger partial charge is 0.460 e. The number of para-hydroxylation sites is 1. The molecule has 130 valence electrons. The first kappa shape index (κ1) is 15.8. The van der Waals surface area contributed by atoms with Crippen LogP contribution in [0, 0.1) is 6.92 Å². The van der Waals surface area contributed by atoms with Gasteiger partial charge in [0.2, 0.25) is 17.7 Å². The number of hydrogen-bond acceptors (Lipinski definition) is 6. The van der Waals surface area contributed by atoms with Crippen LogP contribution in [0.15, 0.2) is 39.2 Å². The summed E-state index contributed by atoms with van der Waals surface area (Å²) in [4.78, 5) is 14.7. The van der Waals surface area contributed by atoms with E-state index in [-0.39, 0.29) is 17.9 Å². The Bertz CT molecular complexity index is 868. The molecule has 3 aromatic rings. The predicted molar refractivity (Wildman–Crippen MR) is 88.9 cm³/mol. The second-order valence-corrected chi connectivity index (χ2v) is 6.21. The highest BCUT2D eigenvalue weighted by molar-refractivity contribution is 5.85. The number of furan rings is 1. The Labute approximate surface area is 144 Å². The number of aryl methyl sites for hydroxylation is 1. The Morgan fingerprint density at radius 2 is 2.12 bits per heavy atom. The molecule has 7 heteroatoms. The number of amides is 1. The molecule has 0 aliphatic carbocycles. The summed E-state index contributed by atoms with van der Waals surface area (Å²) in [6.45, 7) is 4.95. The van der Waals surface area contributed by atoms with E-state index in [1.165, 1.54) is 0 Å². The molecule has 1 fully saturated rings. The van der Waals surface area contributed by atoms with Crippen molar-refractivity contribution in [2.24, 2.45) is 0 Å². The maximum Gasteiger partial charge on any atom is 0.246 e. The van der Waals surface area contributed by atoms with E-state index >= 15 is 0 Å². The number of morpholine rings is 1. The lowest BCUT2D eigenvalue weighted by Gasteiger charge is -2.32. The van der Waals surface area contributed by atoms with Crippen molar-refractivity contribution in [2.75, 3.05) is 19.7 Å². The molecule has 0 bridgehead atoms. The molecule has 2 aromatic heterocycles. The fourth-order valence-corrected chi connectivity index (χ4v) is 3.05. The van der Waals surface area contributed by atoms with Crippen molar-refractivity contribution in [3.8, 4) is 0 Å². The summed E-state index contributed by atoms with van der Waals surface area (Å²) >= 11 is 0. The number of benzene rings is 1. The van der Waals surface area contributed by atoms with Crippen molar-refractivity contribution in [3.63, 3.8) is 0 Å². The summed E-state index contributed by atoms with van der Waals surface area (Å²) in [7, 11) is 0. The lowest BCUT2D eigenvalue weighted by molar-refractivity contribution is -0.141. The third-order valence-electron chi connectivity index (χ3n) is 4.44. The molecule has 1 aromatic carbocycles. The second-order valence-electron chi connectivity index (χ2n) is 6.21. The van der Waals surface area contributed by atoms with E-state index < -0.39 is 0 Å². The molecule has 0 saturated carbocycles. The van der Waals surface area contributed by atoms with Gasteiger partial charge in [-0.3, -0.25) is 4.79 Å². The molecule has 1 aliphatic rings. The fourth-order valence-electron chi connectivity index (χ4n) is 3.05. The highest BCUT2D eigenvalue weighted by Gasteiger charge is 2.32. The van der Waals surface area contributed by atoms with E-state index in [0.717, 1.165) is 11.0 Å². The van der Waals surface area contributed by atoms with Gasteiger partial charge in [0.15, 0.2) is 6.10 Å².